The van der Waals surface area contributed by atoms with Crippen LogP contribution in [0.4, 0.5) is 0 Å². The Labute approximate surface area is 79.7 Å². The average Bonchev–Trinajstić information content (AvgIpc) is 2.04. The minimum atomic E-state index is -0.662. The van der Waals surface area contributed by atoms with E-state index < -0.39 is 11.5 Å². The van der Waals surface area contributed by atoms with Gasteiger partial charge < -0.3 is 5.11 Å². The van der Waals surface area contributed by atoms with Gasteiger partial charge in [0.2, 0.25) is 0 Å². The molecule has 0 aliphatic heterocycles. The van der Waals surface area contributed by atoms with Gasteiger partial charge in [0.15, 0.2) is 0 Å². The Hall–Kier alpha value is -0.570. The van der Waals surface area contributed by atoms with E-state index in [2.05, 4.69) is 0 Å². The van der Waals surface area contributed by atoms with E-state index in [1.54, 1.807) is 0 Å². The first-order chi connectivity index (χ1) is 6.01. The van der Waals surface area contributed by atoms with Crippen LogP contribution in [0.25, 0.3) is 0 Å². The molecule has 0 radical (unpaired) electrons. The fraction of sp³-hybridized carbons (Fsp3) is 0.900. The van der Waals surface area contributed by atoms with Crippen LogP contribution in [0.5, 0.6) is 0 Å². The van der Waals surface area contributed by atoms with E-state index in [-0.39, 0.29) is 5.92 Å². The van der Waals surface area contributed by atoms with Crippen molar-refractivity contribution in [3.8, 4) is 0 Å². The molecule has 0 bridgehead atoms. The van der Waals surface area contributed by atoms with Gasteiger partial charge in [-0.15, -0.1) is 0 Å². The van der Waals surface area contributed by atoms with Crippen LogP contribution in [0, 0.1) is 5.92 Å². The smallest absolute Gasteiger partial charge is 0.324 e. The molecule has 2 unspecified atom stereocenters. The molecule has 0 heterocycles. The molecule has 0 amide bonds. The molecule has 1 N–H and O–H groups in total. The molecule has 1 rings (SSSR count). The zero-order valence-corrected chi connectivity index (χ0v) is 8.71. The van der Waals surface area contributed by atoms with Crippen LogP contribution < -0.4 is 0 Å². The monoisotopic (exact) mass is 185 g/mol. The highest BCUT2D eigenvalue weighted by atomic mass is 16.4. The van der Waals surface area contributed by atoms with E-state index in [0.717, 1.165) is 19.3 Å². The Kier molecular flexibility index (Phi) is 2.96. The Morgan fingerprint density at radius 1 is 1.46 bits per heavy atom. The lowest BCUT2D eigenvalue weighted by molar-refractivity contribution is -0.156. The van der Waals surface area contributed by atoms with Gasteiger partial charge in [-0.25, -0.2) is 0 Å². The van der Waals surface area contributed by atoms with Crippen LogP contribution >= 0.6 is 0 Å². The second kappa shape index (κ2) is 3.66. The molecule has 1 aliphatic carbocycles. The molecule has 0 aromatic rings. The van der Waals surface area contributed by atoms with E-state index in [1.165, 1.54) is 6.42 Å². The van der Waals surface area contributed by atoms with Crippen LogP contribution in [0.2, 0.25) is 0 Å². The van der Waals surface area contributed by atoms with Gasteiger partial charge in [-0.1, -0.05) is 19.8 Å². The number of carboxylic acid groups (broad SMARTS) is 1. The maximum atomic E-state index is 11.3. The number of aliphatic carboxylic acids is 1. The summed E-state index contributed by atoms with van der Waals surface area (Å²) >= 11 is 0. The predicted octanol–water partition coefficient (Wildman–Crippen LogP) is 1.58. The number of hydrogen-bond acceptors (Lipinski definition) is 2. The number of carboxylic acids is 1. The SMILES string of the molecule is CC1CCCCC1(C(=O)O)N(C)C. The van der Waals surface area contributed by atoms with E-state index in [1.807, 2.05) is 25.9 Å². The van der Waals surface area contributed by atoms with Crippen molar-refractivity contribution >= 4 is 5.97 Å². The van der Waals surface area contributed by atoms with Crippen LogP contribution in [-0.2, 0) is 4.79 Å². The molecule has 0 aromatic carbocycles. The minimum Gasteiger partial charge on any atom is -0.480 e. The lowest BCUT2D eigenvalue weighted by Gasteiger charge is -2.43. The van der Waals surface area contributed by atoms with Gasteiger partial charge in [0.1, 0.15) is 5.54 Å². The van der Waals surface area contributed by atoms with Gasteiger partial charge in [-0.2, -0.15) is 0 Å². The number of rotatable bonds is 2. The second-order valence-electron chi connectivity index (χ2n) is 4.27. The lowest BCUT2D eigenvalue weighted by atomic mass is 9.73. The van der Waals surface area contributed by atoms with Gasteiger partial charge >= 0.3 is 5.97 Å². The fourth-order valence-electron chi connectivity index (χ4n) is 2.50. The molecule has 1 saturated carbocycles. The molecule has 13 heavy (non-hydrogen) atoms. The first-order valence-corrected chi connectivity index (χ1v) is 4.92. The summed E-state index contributed by atoms with van der Waals surface area (Å²) < 4.78 is 0. The molecule has 0 aromatic heterocycles. The second-order valence-corrected chi connectivity index (χ2v) is 4.27. The largest absolute Gasteiger partial charge is 0.480 e. The summed E-state index contributed by atoms with van der Waals surface area (Å²) in [5.41, 5.74) is -0.613. The Morgan fingerprint density at radius 2 is 2.08 bits per heavy atom. The summed E-state index contributed by atoms with van der Waals surface area (Å²) in [5.74, 6) is -0.404. The molecule has 76 valence electrons. The minimum absolute atomic E-state index is 0.258. The summed E-state index contributed by atoms with van der Waals surface area (Å²) in [6.45, 7) is 2.05. The molecule has 3 nitrogen and oxygen atoms in total. The van der Waals surface area contributed by atoms with Crippen LogP contribution in [-0.4, -0.2) is 35.6 Å². The van der Waals surface area contributed by atoms with Crippen molar-refractivity contribution < 1.29 is 9.90 Å². The number of nitrogens with zero attached hydrogens (tertiary/aromatic N) is 1. The third-order valence-corrected chi connectivity index (χ3v) is 3.43. The lowest BCUT2D eigenvalue weighted by Crippen LogP contribution is -2.57. The van der Waals surface area contributed by atoms with Gasteiger partial charge in [-0.3, -0.25) is 9.69 Å². The Morgan fingerprint density at radius 3 is 2.38 bits per heavy atom. The first kappa shape index (κ1) is 10.5. The maximum Gasteiger partial charge on any atom is 0.324 e. The molecule has 1 aliphatic rings. The van der Waals surface area contributed by atoms with Crippen molar-refractivity contribution in [2.45, 2.75) is 38.1 Å². The fourth-order valence-corrected chi connectivity index (χ4v) is 2.50. The van der Waals surface area contributed by atoms with Crippen LogP contribution in [0.3, 0.4) is 0 Å². The summed E-state index contributed by atoms with van der Waals surface area (Å²) in [4.78, 5) is 13.2. The third-order valence-electron chi connectivity index (χ3n) is 3.43. The van der Waals surface area contributed by atoms with Gasteiger partial charge in [0.25, 0.3) is 0 Å². The quantitative estimate of drug-likeness (QED) is 0.710. The van der Waals surface area contributed by atoms with E-state index in [0.29, 0.717) is 0 Å². The van der Waals surface area contributed by atoms with Crippen molar-refractivity contribution in [3.63, 3.8) is 0 Å². The molecular weight excluding hydrogens is 166 g/mol. The Bertz CT molecular complexity index is 203. The maximum absolute atomic E-state index is 11.3. The standard InChI is InChI=1S/C10H19NO2/c1-8-6-4-5-7-10(8,9(12)13)11(2)3/h8H,4-7H2,1-3H3,(H,12,13). The first-order valence-electron chi connectivity index (χ1n) is 4.92. The zero-order chi connectivity index (χ0) is 10.1. The van der Waals surface area contributed by atoms with Gasteiger partial charge in [-0.05, 0) is 32.9 Å². The highest BCUT2D eigenvalue weighted by Gasteiger charge is 2.46. The molecular formula is C10H19NO2. The van der Waals surface area contributed by atoms with E-state index >= 15 is 0 Å². The van der Waals surface area contributed by atoms with E-state index in [4.69, 9.17) is 0 Å². The zero-order valence-electron chi connectivity index (χ0n) is 8.71. The number of likely N-dealkylation sites (N-methyl/N-ethyl adjacent to an activating group) is 1. The Balaban J connectivity index is 2.93. The van der Waals surface area contributed by atoms with Gasteiger partial charge in [0, 0.05) is 0 Å². The van der Waals surface area contributed by atoms with Crippen molar-refractivity contribution in [2.24, 2.45) is 5.92 Å². The average molecular weight is 185 g/mol. The van der Waals surface area contributed by atoms with Crippen molar-refractivity contribution in [3.05, 3.63) is 0 Å². The molecule has 0 spiro atoms. The predicted molar refractivity (Wildman–Crippen MR) is 51.7 cm³/mol. The summed E-state index contributed by atoms with van der Waals surface area (Å²) in [7, 11) is 3.74. The highest BCUT2D eigenvalue weighted by Crippen LogP contribution is 2.37. The molecule has 3 heteroatoms. The highest BCUT2D eigenvalue weighted by molar-refractivity contribution is 5.79. The van der Waals surface area contributed by atoms with E-state index in [9.17, 15) is 9.90 Å². The molecule has 1 fully saturated rings. The van der Waals surface area contributed by atoms with Crippen LogP contribution in [0.15, 0.2) is 0 Å². The summed E-state index contributed by atoms with van der Waals surface area (Å²) in [6.07, 6.45) is 4.03. The normalized spacial score (nSPS) is 34.9. The summed E-state index contributed by atoms with van der Waals surface area (Å²) in [6, 6.07) is 0. The van der Waals surface area contributed by atoms with Crippen LogP contribution in [0.1, 0.15) is 32.6 Å². The van der Waals surface area contributed by atoms with Gasteiger partial charge in [0.05, 0.1) is 0 Å². The molecule has 2 atom stereocenters. The van der Waals surface area contributed by atoms with Crippen molar-refractivity contribution in [1.82, 2.24) is 4.90 Å². The van der Waals surface area contributed by atoms with Crippen molar-refractivity contribution in [2.75, 3.05) is 14.1 Å². The summed E-state index contributed by atoms with van der Waals surface area (Å²) in [5, 5.41) is 9.29. The number of carbonyl (C=O) groups is 1. The molecule has 0 saturated heterocycles. The third kappa shape index (κ3) is 1.57. The topological polar surface area (TPSA) is 40.5 Å². The van der Waals surface area contributed by atoms with Crippen molar-refractivity contribution in [1.29, 1.82) is 0 Å². The number of hydrogen-bond donors (Lipinski definition) is 1.